The molecule has 0 aliphatic rings. The molecule has 0 radical (unpaired) electrons. The monoisotopic (exact) mass is 451 g/mol. The van der Waals surface area contributed by atoms with Gasteiger partial charge in [-0.3, -0.25) is 9.59 Å². The highest BCUT2D eigenvalue weighted by atomic mass is 19.4. The second kappa shape index (κ2) is 9.16. The van der Waals surface area contributed by atoms with Crippen molar-refractivity contribution in [3.63, 3.8) is 0 Å². The van der Waals surface area contributed by atoms with Gasteiger partial charge >= 0.3 is 12.1 Å². The summed E-state index contributed by atoms with van der Waals surface area (Å²) in [5.41, 5.74) is -0.108. The summed E-state index contributed by atoms with van der Waals surface area (Å²) in [6.07, 6.45) is -5.47. The lowest BCUT2D eigenvalue weighted by Crippen LogP contribution is -2.31. The molecule has 1 aromatic heterocycles. The Balaban J connectivity index is 1.54. The number of aromatic nitrogens is 2. The summed E-state index contributed by atoms with van der Waals surface area (Å²) in [7, 11) is 0. The first-order valence-corrected chi connectivity index (χ1v) is 9.29. The molecule has 1 N–H and O–H groups in total. The number of carbonyl (C=O) groups is 2. The number of ether oxygens (including phenoxy) is 1. The maximum atomic E-state index is 13.7. The van der Waals surface area contributed by atoms with E-state index in [0.717, 1.165) is 24.3 Å². The average Bonchev–Trinajstić information content (AvgIpc) is 3.24. The van der Waals surface area contributed by atoms with Crippen molar-refractivity contribution < 1.29 is 36.4 Å². The van der Waals surface area contributed by atoms with Gasteiger partial charge < -0.3 is 14.6 Å². The molecule has 0 saturated carbocycles. The number of aryl methyl sites for hydroxylation is 1. The van der Waals surface area contributed by atoms with Crippen molar-refractivity contribution in [1.29, 1.82) is 0 Å². The predicted octanol–water partition coefficient (Wildman–Crippen LogP) is 4.24. The highest BCUT2D eigenvalue weighted by Crippen LogP contribution is 2.29. The fourth-order valence-electron chi connectivity index (χ4n) is 2.60. The van der Waals surface area contributed by atoms with Crippen LogP contribution in [0.5, 0.6) is 0 Å². The van der Waals surface area contributed by atoms with Crippen molar-refractivity contribution >= 4 is 11.9 Å². The Morgan fingerprint density at radius 1 is 1.16 bits per heavy atom. The number of hydrogen-bond acceptors (Lipinski definition) is 6. The van der Waals surface area contributed by atoms with Crippen LogP contribution >= 0.6 is 0 Å². The molecule has 0 spiro atoms. The molecule has 1 heterocycles. The van der Waals surface area contributed by atoms with Crippen molar-refractivity contribution in [2.45, 2.75) is 26.1 Å². The fourth-order valence-corrected chi connectivity index (χ4v) is 2.60. The van der Waals surface area contributed by atoms with E-state index in [2.05, 4.69) is 15.5 Å². The summed E-state index contributed by atoms with van der Waals surface area (Å²) < 4.78 is 61.6. The molecule has 1 amide bonds. The number of halogens is 4. The Bertz CT molecular complexity index is 1130. The summed E-state index contributed by atoms with van der Waals surface area (Å²) >= 11 is 0. The minimum absolute atomic E-state index is 0.0385. The fraction of sp³-hybridized carbons (Fsp3) is 0.238. The third-order valence-corrected chi connectivity index (χ3v) is 4.40. The highest BCUT2D eigenvalue weighted by Gasteiger charge is 2.30. The van der Waals surface area contributed by atoms with Crippen LogP contribution < -0.4 is 5.32 Å². The molecular formula is C21H17F4N3O4. The maximum absolute atomic E-state index is 13.7. The number of rotatable bonds is 6. The number of hydrogen-bond donors (Lipinski definition) is 1. The van der Waals surface area contributed by atoms with Crippen molar-refractivity contribution in [3.05, 3.63) is 70.9 Å². The minimum Gasteiger partial charge on any atom is -0.451 e. The van der Waals surface area contributed by atoms with E-state index < -0.39 is 42.1 Å². The molecule has 0 bridgehead atoms. The van der Waals surface area contributed by atoms with Crippen LogP contribution in [0.15, 0.2) is 47.0 Å². The molecule has 11 heteroatoms. The molecule has 32 heavy (non-hydrogen) atoms. The van der Waals surface area contributed by atoms with E-state index in [-0.39, 0.29) is 17.3 Å². The highest BCUT2D eigenvalue weighted by molar-refractivity contribution is 5.95. The van der Waals surface area contributed by atoms with Crippen LogP contribution in [0.1, 0.15) is 40.4 Å². The lowest BCUT2D eigenvalue weighted by atomic mass is 10.1. The van der Waals surface area contributed by atoms with Gasteiger partial charge in [-0.25, -0.2) is 4.39 Å². The number of nitrogens with one attached hydrogen (secondary N) is 1. The van der Waals surface area contributed by atoms with Crippen LogP contribution in [0.2, 0.25) is 0 Å². The largest absolute Gasteiger partial charge is 0.451 e. The van der Waals surface area contributed by atoms with Gasteiger partial charge in [0.15, 0.2) is 6.10 Å². The number of nitrogens with zero attached hydrogens (tertiary/aromatic N) is 2. The first-order chi connectivity index (χ1) is 15.0. The van der Waals surface area contributed by atoms with Crippen LogP contribution in [0.25, 0.3) is 11.4 Å². The molecular weight excluding hydrogens is 434 g/mol. The topological polar surface area (TPSA) is 94.3 Å². The summed E-state index contributed by atoms with van der Waals surface area (Å²) in [5.74, 6) is -1.94. The number of benzene rings is 2. The molecule has 3 rings (SSSR count). The standard InChI is InChI=1S/C21H17F4N3O4/c1-11-3-4-14(9-16(11)22)18-27-20(32-28-18)12(2)31-17(29)10-26-19(30)13-5-7-15(8-6-13)21(23,24)25/h3-9,12H,10H2,1-2H3,(H,26,30). The number of alkyl halides is 3. The Morgan fingerprint density at radius 2 is 1.84 bits per heavy atom. The lowest BCUT2D eigenvalue weighted by molar-refractivity contribution is -0.148. The predicted molar refractivity (Wildman–Crippen MR) is 103 cm³/mol. The van der Waals surface area contributed by atoms with Crippen LogP contribution in [0.4, 0.5) is 17.6 Å². The van der Waals surface area contributed by atoms with Crippen molar-refractivity contribution in [1.82, 2.24) is 15.5 Å². The first-order valence-electron chi connectivity index (χ1n) is 9.29. The lowest BCUT2D eigenvalue weighted by Gasteiger charge is -2.10. The zero-order valence-corrected chi connectivity index (χ0v) is 16.9. The van der Waals surface area contributed by atoms with Crippen molar-refractivity contribution in [3.8, 4) is 11.4 Å². The smallest absolute Gasteiger partial charge is 0.416 e. The van der Waals surface area contributed by atoms with E-state index >= 15 is 0 Å². The second-order valence-corrected chi connectivity index (χ2v) is 6.81. The van der Waals surface area contributed by atoms with E-state index in [0.29, 0.717) is 11.1 Å². The van der Waals surface area contributed by atoms with Gasteiger partial charge in [0.25, 0.3) is 11.8 Å². The van der Waals surface area contributed by atoms with Crippen LogP contribution in [-0.4, -0.2) is 28.6 Å². The summed E-state index contributed by atoms with van der Waals surface area (Å²) in [6.45, 7) is 2.54. The van der Waals surface area contributed by atoms with Crippen LogP contribution in [-0.2, 0) is 15.7 Å². The number of amides is 1. The Kier molecular flexibility index (Phi) is 6.56. The summed E-state index contributed by atoms with van der Waals surface area (Å²) in [4.78, 5) is 28.1. The van der Waals surface area contributed by atoms with Gasteiger partial charge in [0.05, 0.1) is 5.56 Å². The zero-order chi connectivity index (χ0) is 23.5. The van der Waals surface area contributed by atoms with Gasteiger partial charge in [-0.05, 0) is 49.7 Å². The molecule has 168 valence electrons. The van der Waals surface area contributed by atoms with E-state index in [1.807, 2.05) is 0 Å². The van der Waals surface area contributed by atoms with E-state index in [9.17, 15) is 27.2 Å². The number of carbonyl (C=O) groups excluding carboxylic acids is 2. The van der Waals surface area contributed by atoms with Crippen molar-refractivity contribution in [2.24, 2.45) is 0 Å². The molecule has 3 aromatic rings. The molecule has 0 aliphatic heterocycles. The Hall–Kier alpha value is -3.76. The Morgan fingerprint density at radius 3 is 2.47 bits per heavy atom. The van der Waals surface area contributed by atoms with Gasteiger partial charge in [-0.15, -0.1) is 0 Å². The quantitative estimate of drug-likeness (QED) is 0.445. The minimum atomic E-state index is -4.52. The first kappa shape index (κ1) is 22.9. The van der Waals surface area contributed by atoms with Gasteiger partial charge in [0, 0.05) is 11.1 Å². The van der Waals surface area contributed by atoms with Crippen molar-refractivity contribution in [2.75, 3.05) is 6.54 Å². The Labute approximate surface area is 179 Å². The van der Waals surface area contributed by atoms with Gasteiger partial charge in [-0.2, -0.15) is 18.2 Å². The normalized spacial score (nSPS) is 12.3. The molecule has 7 nitrogen and oxygen atoms in total. The van der Waals surface area contributed by atoms with E-state index in [1.54, 1.807) is 19.1 Å². The van der Waals surface area contributed by atoms with Crippen LogP contribution in [0, 0.1) is 12.7 Å². The zero-order valence-electron chi connectivity index (χ0n) is 16.9. The molecule has 0 fully saturated rings. The third kappa shape index (κ3) is 5.48. The summed E-state index contributed by atoms with van der Waals surface area (Å²) in [5, 5.41) is 5.98. The molecule has 0 aliphatic carbocycles. The molecule has 1 unspecified atom stereocenters. The summed E-state index contributed by atoms with van der Waals surface area (Å²) in [6, 6.07) is 7.95. The van der Waals surface area contributed by atoms with E-state index in [1.165, 1.54) is 13.0 Å². The molecule has 0 saturated heterocycles. The van der Waals surface area contributed by atoms with E-state index in [4.69, 9.17) is 9.26 Å². The average molecular weight is 451 g/mol. The molecule has 2 aromatic carbocycles. The van der Waals surface area contributed by atoms with Crippen LogP contribution in [0.3, 0.4) is 0 Å². The van der Waals surface area contributed by atoms with Gasteiger partial charge in [-0.1, -0.05) is 17.3 Å². The third-order valence-electron chi connectivity index (χ3n) is 4.40. The maximum Gasteiger partial charge on any atom is 0.416 e. The SMILES string of the molecule is Cc1ccc(-c2noc(C(C)OC(=O)CNC(=O)c3ccc(C(F)(F)F)cc3)n2)cc1F. The second-order valence-electron chi connectivity index (χ2n) is 6.81. The molecule has 1 atom stereocenters. The van der Waals surface area contributed by atoms with Gasteiger partial charge in [0.1, 0.15) is 12.4 Å². The van der Waals surface area contributed by atoms with Gasteiger partial charge in [0.2, 0.25) is 5.82 Å². The number of esters is 1.